The van der Waals surface area contributed by atoms with Crippen molar-refractivity contribution in [2.24, 2.45) is 0 Å². The van der Waals surface area contributed by atoms with Gasteiger partial charge in [0.15, 0.2) is 0 Å². The second kappa shape index (κ2) is 4.51. The minimum atomic E-state index is -2.67. The van der Waals surface area contributed by atoms with Crippen molar-refractivity contribution in [2.45, 2.75) is 32.4 Å². The molecule has 0 aromatic heterocycles. The topological polar surface area (TPSA) is 12.0 Å². The maximum atomic E-state index is 12.8. The molecule has 78 valence electrons. The van der Waals surface area contributed by atoms with Gasteiger partial charge in [-0.3, -0.25) is 0 Å². The molecule has 0 radical (unpaired) electrons. The number of benzene rings is 1. The van der Waals surface area contributed by atoms with Gasteiger partial charge in [-0.2, -0.15) is 0 Å². The second-order valence-corrected chi connectivity index (χ2v) is 3.54. The zero-order valence-corrected chi connectivity index (χ0v) is 8.43. The van der Waals surface area contributed by atoms with Crippen LogP contribution in [0.4, 0.5) is 8.78 Å². The molecule has 0 spiro atoms. The van der Waals surface area contributed by atoms with E-state index in [2.05, 4.69) is 5.32 Å². The highest BCUT2D eigenvalue weighted by molar-refractivity contribution is 5.14. The van der Waals surface area contributed by atoms with Gasteiger partial charge >= 0.3 is 0 Å². The summed E-state index contributed by atoms with van der Waals surface area (Å²) < 4.78 is 25.5. The molecular weight excluding hydrogens is 184 g/mol. The molecule has 0 amide bonds. The van der Waals surface area contributed by atoms with Crippen molar-refractivity contribution in [1.29, 1.82) is 0 Å². The molecule has 0 aliphatic heterocycles. The van der Waals surface area contributed by atoms with Gasteiger partial charge in [0.25, 0.3) is 5.92 Å². The molecule has 1 unspecified atom stereocenters. The monoisotopic (exact) mass is 199 g/mol. The molecule has 1 atom stereocenters. The molecule has 0 saturated heterocycles. The lowest BCUT2D eigenvalue weighted by Crippen LogP contribution is -2.40. The van der Waals surface area contributed by atoms with Crippen molar-refractivity contribution in [3.63, 3.8) is 0 Å². The maximum absolute atomic E-state index is 12.8. The van der Waals surface area contributed by atoms with E-state index in [1.807, 2.05) is 30.3 Å². The smallest absolute Gasteiger partial charge is 0.260 e. The van der Waals surface area contributed by atoms with Crippen LogP contribution >= 0.6 is 0 Å². The lowest BCUT2D eigenvalue weighted by Gasteiger charge is -2.20. The lowest BCUT2D eigenvalue weighted by atomic mass is 10.1. The van der Waals surface area contributed by atoms with E-state index >= 15 is 0 Å². The Hall–Kier alpha value is -0.960. The van der Waals surface area contributed by atoms with E-state index in [4.69, 9.17) is 0 Å². The highest BCUT2D eigenvalue weighted by Gasteiger charge is 2.29. The summed E-state index contributed by atoms with van der Waals surface area (Å²) in [6.07, 6.45) is 0. The van der Waals surface area contributed by atoms with Crippen molar-refractivity contribution < 1.29 is 8.78 Å². The molecular formula is C11H15F2N. The second-order valence-electron chi connectivity index (χ2n) is 3.54. The first-order chi connectivity index (χ1) is 6.50. The van der Waals surface area contributed by atoms with Crippen LogP contribution in [0, 0.1) is 0 Å². The standard InChI is InChI=1S/C11H15F2N/c1-9(11(2,12)13)14-8-10-6-4-3-5-7-10/h3-7,9,14H,8H2,1-2H3. The molecule has 1 N–H and O–H groups in total. The molecule has 1 aromatic carbocycles. The van der Waals surface area contributed by atoms with Crippen LogP contribution < -0.4 is 5.32 Å². The van der Waals surface area contributed by atoms with Gasteiger partial charge in [-0.15, -0.1) is 0 Å². The molecule has 0 saturated carbocycles. The zero-order valence-electron chi connectivity index (χ0n) is 8.43. The molecule has 1 aromatic rings. The van der Waals surface area contributed by atoms with Crippen molar-refractivity contribution >= 4 is 0 Å². The molecule has 3 heteroatoms. The molecule has 0 fully saturated rings. The van der Waals surface area contributed by atoms with Crippen LogP contribution in [0.5, 0.6) is 0 Å². The van der Waals surface area contributed by atoms with Gasteiger partial charge in [0.2, 0.25) is 0 Å². The Morgan fingerprint density at radius 1 is 1.29 bits per heavy atom. The Morgan fingerprint density at radius 2 is 1.86 bits per heavy atom. The quantitative estimate of drug-likeness (QED) is 0.786. The summed E-state index contributed by atoms with van der Waals surface area (Å²) in [5.74, 6) is -2.67. The van der Waals surface area contributed by atoms with Crippen molar-refractivity contribution in [3.8, 4) is 0 Å². The van der Waals surface area contributed by atoms with Gasteiger partial charge in [0, 0.05) is 13.5 Å². The van der Waals surface area contributed by atoms with Crippen LogP contribution in [0.3, 0.4) is 0 Å². The van der Waals surface area contributed by atoms with Crippen LogP contribution in [0.2, 0.25) is 0 Å². The van der Waals surface area contributed by atoms with E-state index in [0.29, 0.717) is 6.54 Å². The predicted octanol–water partition coefficient (Wildman–Crippen LogP) is 2.82. The van der Waals surface area contributed by atoms with Gasteiger partial charge in [0.05, 0.1) is 6.04 Å². The first-order valence-electron chi connectivity index (χ1n) is 4.65. The third kappa shape index (κ3) is 3.42. The Kier molecular flexibility index (Phi) is 3.58. The Balaban J connectivity index is 2.42. The molecule has 0 bridgehead atoms. The Labute approximate surface area is 83.1 Å². The first kappa shape index (κ1) is 11.1. The summed E-state index contributed by atoms with van der Waals surface area (Å²) in [7, 11) is 0. The molecule has 1 rings (SSSR count). The van der Waals surface area contributed by atoms with Gasteiger partial charge < -0.3 is 5.32 Å². The average Bonchev–Trinajstić information content (AvgIpc) is 2.14. The van der Waals surface area contributed by atoms with Crippen molar-refractivity contribution in [2.75, 3.05) is 0 Å². The number of nitrogens with one attached hydrogen (secondary N) is 1. The van der Waals surface area contributed by atoms with Crippen LogP contribution in [0.25, 0.3) is 0 Å². The number of halogens is 2. The number of hydrogen-bond acceptors (Lipinski definition) is 1. The third-order valence-corrected chi connectivity index (χ3v) is 2.22. The number of rotatable bonds is 4. The fraction of sp³-hybridized carbons (Fsp3) is 0.455. The Morgan fingerprint density at radius 3 is 2.36 bits per heavy atom. The number of alkyl halides is 2. The van der Waals surface area contributed by atoms with Crippen LogP contribution in [0.1, 0.15) is 19.4 Å². The van der Waals surface area contributed by atoms with E-state index in [0.717, 1.165) is 12.5 Å². The van der Waals surface area contributed by atoms with E-state index in [1.165, 1.54) is 6.92 Å². The highest BCUT2D eigenvalue weighted by atomic mass is 19.3. The summed E-state index contributed by atoms with van der Waals surface area (Å²) in [6, 6.07) is 8.71. The van der Waals surface area contributed by atoms with E-state index < -0.39 is 12.0 Å². The van der Waals surface area contributed by atoms with Crippen LogP contribution in [0.15, 0.2) is 30.3 Å². The van der Waals surface area contributed by atoms with E-state index in [1.54, 1.807) is 0 Å². The summed E-state index contributed by atoms with van der Waals surface area (Å²) in [4.78, 5) is 0. The van der Waals surface area contributed by atoms with Crippen molar-refractivity contribution in [3.05, 3.63) is 35.9 Å². The fourth-order valence-corrected chi connectivity index (χ4v) is 1.05. The lowest BCUT2D eigenvalue weighted by molar-refractivity contribution is -0.0126. The molecule has 0 aliphatic rings. The third-order valence-electron chi connectivity index (χ3n) is 2.22. The highest BCUT2D eigenvalue weighted by Crippen LogP contribution is 2.16. The fourth-order valence-electron chi connectivity index (χ4n) is 1.05. The minimum Gasteiger partial charge on any atom is -0.305 e. The summed E-state index contributed by atoms with van der Waals surface area (Å²) >= 11 is 0. The number of hydrogen-bond donors (Lipinski definition) is 1. The summed E-state index contributed by atoms with van der Waals surface area (Å²) in [5.41, 5.74) is 1.02. The Bertz CT molecular complexity index is 266. The first-order valence-corrected chi connectivity index (χ1v) is 4.65. The minimum absolute atomic E-state index is 0.478. The van der Waals surface area contributed by atoms with Crippen molar-refractivity contribution in [1.82, 2.24) is 5.32 Å². The largest absolute Gasteiger partial charge is 0.305 e. The molecule has 14 heavy (non-hydrogen) atoms. The van der Waals surface area contributed by atoms with Gasteiger partial charge in [0.1, 0.15) is 0 Å². The van der Waals surface area contributed by atoms with Gasteiger partial charge in [-0.25, -0.2) is 8.78 Å². The van der Waals surface area contributed by atoms with Crippen LogP contribution in [-0.2, 0) is 6.54 Å². The SMILES string of the molecule is CC(NCc1ccccc1)C(C)(F)F. The molecule has 0 aliphatic carbocycles. The van der Waals surface area contributed by atoms with Gasteiger partial charge in [-0.1, -0.05) is 30.3 Å². The normalized spacial score (nSPS) is 14.0. The molecule has 1 nitrogen and oxygen atoms in total. The summed E-state index contributed by atoms with van der Waals surface area (Å²) in [6.45, 7) is 2.89. The molecule has 0 heterocycles. The van der Waals surface area contributed by atoms with Gasteiger partial charge in [-0.05, 0) is 12.5 Å². The average molecular weight is 199 g/mol. The predicted molar refractivity (Wildman–Crippen MR) is 53.4 cm³/mol. The summed E-state index contributed by atoms with van der Waals surface area (Å²) in [5, 5.41) is 2.79. The van der Waals surface area contributed by atoms with Crippen LogP contribution in [-0.4, -0.2) is 12.0 Å². The van der Waals surface area contributed by atoms with E-state index in [9.17, 15) is 8.78 Å². The zero-order chi connectivity index (χ0) is 10.6. The van der Waals surface area contributed by atoms with E-state index in [-0.39, 0.29) is 0 Å². The maximum Gasteiger partial charge on any atom is 0.260 e.